The Morgan fingerprint density at radius 1 is 1.33 bits per heavy atom. The fourth-order valence-corrected chi connectivity index (χ4v) is 3.29. The Kier molecular flexibility index (Phi) is 4.95. The lowest BCUT2D eigenvalue weighted by molar-refractivity contribution is 0.207. The van der Waals surface area contributed by atoms with Gasteiger partial charge in [0, 0.05) is 34.5 Å². The van der Waals surface area contributed by atoms with Crippen molar-refractivity contribution in [2.75, 3.05) is 6.61 Å². The van der Waals surface area contributed by atoms with E-state index >= 15 is 0 Å². The van der Waals surface area contributed by atoms with E-state index in [9.17, 15) is 0 Å². The van der Waals surface area contributed by atoms with Crippen LogP contribution in [0.3, 0.4) is 0 Å². The predicted molar refractivity (Wildman–Crippen MR) is 80.2 cm³/mol. The average Bonchev–Trinajstić information content (AvgIpc) is 3.04. The van der Waals surface area contributed by atoms with Crippen molar-refractivity contribution >= 4 is 22.7 Å². The van der Waals surface area contributed by atoms with E-state index in [2.05, 4.69) is 48.1 Å². The molecule has 0 radical (unpaired) electrons. The summed E-state index contributed by atoms with van der Waals surface area (Å²) < 4.78 is 0. The highest BCUT2D eigenvalue weighted by Gasteiger charge is 2.11. The van der Waals surface area contributed by atoms with Crippen LogP contribution < -0.4 is 5.32 Å². The zero-order valence-electron chi connectivity index (χ0n) is 10.7. The van der Waals surface area contributed by atoms with Gasteiger partial charge in [-0.1, -0.05) is 13.0 Å². The van der Waals surface area contributed by atoms with Crippen LogP contribution in [0.25, 0.3) is 10.4 Å². The fourth-order valence-electron chi connectivity index (χ4n) is 1.67. The highest BCUT2D eigenvalue weighted by Crippen LogP contribution is 2.29. The van der Waals surface area contributed by atoms with Crippen molar-refractivity contribution in [1.82, 2.24) is 5.32 Å². The third-order valence-corrected chi connectivity index (χ3v) is 5.05. The molecule has 18 heavy (non-hydrogen) atoms. The number of nitrogens with one attached hydrogen (secondary N) is 1. The summed E-state index contributed by atoms with van der Waals surface area (Å²) in [6.07, 6.45) is 0. The molecule has 2 heterocycles. The molecule has 0 saturated heterocycles. The molecule has 0 aliphatic heterocycles. The van der Waals surface area contributed by atoms with Gasteiger partial charge in [0.1, 0.15) is 0 Å². The summed E-state index contributed by atoms with van der Waals surface area (Å²) in [6.45, 7) is 5.29. The molecule has 2 aromatic rings. The Morgan fingerprint density at radius 2 is 2.17 bits per heavy atom. The van der Waals surface area contributed by atoms with Crippen molar-refractivity contribution in [3.05, 3.63) is 33.8 Å². The lowest BCUT2D eigenvalue weighted by Crippen LogP contribution is -2.33. The van der Waals surface area contributed by atoms with E-state index in [-0.39, 0.29) is 6.61 Å². The van der Waals surface area contributed by atoms with Gasteiger partial charge in [0.25, 0.3) is 0 Å². The van der Waals surface area contributed by atoms with Crippen LogP contribution in [0, 0.1) is 5.92 Å². The fraction of sp³-hybridized carbons (Fsp3) is 0.429. The Hall–Kier alpha value is -0.680. The summed E-state index contributed by atoms with van der Waals surface area (Å²) in [4.78, 5) is 2.67. The van der Waals surface area contributed by atoms with Crippen molar-refractivity contribution in [2.24, 2.45) is 5.92 Å². The number of aliphatic hydroxyl groups excluding tert-OH is 1. The molecule has 0 aromatic carbocycles. The molecule has 2 atom stereocenters. The van der Waals surface area contributed by atoms with Crippen LogP contribution in [0.1, 0.15) is 18.7 Å². The second kappa shape index (κ2) is 6.48. The van der Waals surface area contributed by atoms with Gasteiger partial charge < -0.3 is 10.4 Å². The predicted octanol–water partition coefficient (Wildman–Crippen LogP) is 3.58. The summed E-state index contributed by atoms with van der Waals surface area (Å²) in [5.41, 5.74) is 1.31. The van der Waals surface area contributed by atoms with Crippen molar-refractivity contribution < 1.29 is 5.11 Å². The molecule has 2 unspecified atom stereocenters. The van der Waals surface area contributed by atoms with Gasteiger partial charge in [0.05, 0.1) is 0 Å². The molecule has 98 valence electrons. The van der Waals surface area contributed by atoms with Gasteiger partial charge in [-0.15, -0.1) is 22.7 Å². The van der Waals surface area contributed by atoms with E-state index in [1.165, 1.54) is 15.3 Å². The molecule has 0 bridgehead atoms. The zero-order chi connectivity index (χ0) is 13.0. The molecule has 2 aromatic heterocycles. The highest BCUT2D eigenvalue weighted by atomic mass is 32.1. The minimum Gasteiger partial charge on any atom is -0.396 e. The quantitative estimate of drug-likeness (QED) is 0.848. The van der Waals surface area contributed by atoms with Crippen LogP contribution in [-0.2, 0) is 6.54 Å². The van der Waals surface area contributed by atoms with Crippen LogP contribution in [0.5, 0.6) is 0 Å². The molecule has 2 nitrogen and oxygen atoms in total. The van der Waals surface area contributed by atoms with Gasteiger partial charge in [-0.3, -0.25) is 0 Å². The zero-order valence-corrected chi connectivity index (χ0v) is 12.4. The first-order valence-electron chi connectivity index (χ1n) is 6.16. The first-order chi connectivity index (χ1) is 8.70. The SMILES string of the molecule is CC(CO)C(C)NCc1cc(-c2cccs2)cs1. The van der Waals surface area contributed by atoms with Gasteiger partial charge in [-0.25, -0.2) is 0 Å². The largest absolute Gasteiger partial charge is 0.396 e. The number of aliphatic hydroxyl groups is 1. The molecule has 0 spiro atoms. The molecule has 0 saturated carbocycles. The van der Waals surface area contributed by atoms with Crippen LogP contribution in [0.2, 0.25) is 0 Å². The molecule has 0 amide bonds. The second-order valence-electron chi connectivity index (χ2n) is 4.61. The van der Waals surface area contributed by atoms with Crippen molar-refractivity contribution in [3.63, 3.8) is 0 Å². The summed E-state index contributed by atoms with van der Waals surface area (Å²) >= 11 is 3.57. The number of hydrogen-bond acceptors (Lipinski definition) is 4. The topological polar surface area (TPSA) is 32.3 Å². The minimum absolute atomic E-state index is 0.235. The lowest BCUT2D eigenvalue weighted by Gasteiger charge is -2.18. The molecular weight excluding hydrogens is 262 g/mol. The maximum absolute atomic E-state index is 9.10. The minimum atomic E-state index is 0.235. The van der Waals surface area contributed by atoms with E-state index in [1.807, 2.05) is 0 Å². The summed E-state index contributed by atoms with van der Waals surface area (Å²) in [6, 6.07) is 6.82. The van der Waals surface area contributed by atoms with Crippen LogP contribution in [0.4, 0.5) is 0 Å². The molecule has 0 aliphatic rings. The van der Waals surface area contributed by atoms with Crippen LogP contribution in [0.15, 0.2) is 29.0 Å². The molecule has 0 aliphatic carbocycles. The van der Waals surface area contributed by atoms with Crippen LogP contribution in [-0.4, -0.2) is 17.8 Å². The van der Waals surface area contributed by atoms with E-state index in [0.29, 0.717) is 12.0 Å². The summed E-state index contributed by atoms with van der Waals surface area (Å²) in [5.74, 6) is 0.293. The van der Waals surface area contributed by atoms with Crippen molar-refractivity contribution in [2.45, 2.75) is 26.4 Å². The van der Waals surface area contributed by atoms with E-state index in [0.717, 1.165) is 6.54 Å². The third-order valence-electron chi connectivity index (χ3n) is 3.20. The van der Waals surface area contributed by atoms with E-state index < -0.39 is 0 Å². The second-order valence-corrected chi connectivity index (χ2v) is 6.55. The Labute approximate surface area is 116 Å². The van der Waals surface area contributed by atoms with Gasteiger partial charge >= 0.3 is 0 Å². The number of rotatable bonds is 6. The number of thiophene rings is 2. The monoisotopic (exact) mass is 281 g/mol. The van der Waals surface area contributed by atoms with Crippen molar-refractivity contribution in [1.29, 1.82) is 0 Å². The molecular formula is C14H19NOS2. The first kappa shape index (κ1) is 13.7. The van der Waals surface area contributed by atoms with Gasteiger partial charge in [0.15, 0.2) is 0 Å². The molecule has 4 heteroatoms. The maximum Gasteiger partial charge on any atom is 0.0471 e. The normalized spacial score (nSPS) is 14.6. The Morgan fingerprint density at radius 3 is 2.83 bits per heavy atom. The molecule has 2 N–H and O–H groups in total. The van der Waals surface area contributed by atoms with Crippen molar-refractivity contribution in [3.8, 4) is 10.4 Å². The van der Waals surface area contributed by atoms with Gasteiger partial charge in [-0.05, 0) is 35.7 Å². The smallest absolute Gasteiger partial charge is 0.0471 e. The summed E-state index contributed by atoms with van der Waals surface area (Å²) in [5, 5.41) is 16.9. The summed E-state index contributed by atoms with van der Waals surface area (Å²) in [7, 11) is 0. The third kappa shape index (κ3) is 3.42. The van der Waals surface area contributed by atoms with E-state index in [4.69, 9.17) is 5.11 Å². The number of hydrogen-bond donors (Lipinski definition) is 2. The Balaban J connectivity index is 1.91. The van der Waals surface area contributed by atoms with Gasteiger partial charge in [-0.2, -0.15) is 0 Å². The van der Waals surface area contributed by atoms with E-state index in [1.54, 1.807) is 22.7 Å². The molecule has 0 fully saturated rings. The first-order valence-corrected chi connectivity index (χ1v) is 7.92. The average molecular weight is 281 g/mol. The Bertz CT molecular complexity index is 464. The highest BCUT2D eigenvalue weighted by molar-refractivity contribution is 7.14. The lowest BCUT2D eigenvalue weighted by atomic mass is 10.1. The molecule has 2 rings (SSSR count). The maximum atomic E-state index is 9.10. The van der Waals surface area contributed by atoms with Gasteiger partial charge in [0.2, 0.25) is 0 Å². The standard InChI is InChI=1S/C14H19NOS2/c1-10(8-16)11(2)15-7-13-6-12(9-18-13)14-4-3-5-17-14/h3-6,9-11,15-16H,7-8H2,1-2H3. The van der Waals surface area contributed by atoms with Crippen LogP contribution >= 0.6 is 22.7 Å².